The average Bonchev–Trinajstić information content (AvgIpc) is 2.34. The minimum Gasteiger partial charge on any atom is -0.438 e. The summed E-state index contributed by atoms with van der Waals surface area (Å²) in [6, 6.07) is 8.31. The molecule has 0 aliphatic rings. The molecule has 0 atom stereocenters. The van der Waals surface area contributed by atoms with Crippen molar-refractivity contribution in [1.82, 2.24) is 4.98 Å². The second kappa shape index (κ2) is 4.75. The van der Waals surface area contributed by atoms with E-state index in [9.17, 15) is 4.79 Å². The lowest BCUT2D eigenvalue weighted by Crippen LogP contribution is -2.12. The van der Waals surface area contributed by atoms with Gasteiger partial charge in [0.15, 0.2) is 0 Å². The Labute approximate surface area is 104 Å². The van der Waals surface area contributed by atoms with Crippen LogP contribution in [0.3, 0.4) is 0 Å². The van der Waals surface area contributed by atoms with Crippen LogP contribution >= 0.6 is 0 Å². The van der Waals surface area contributed by atoms with Crippen LogP contribution in [0.4, 0.5) is 5.69 Å². The van der Waals surface area contributed by atoms with Crippen molar-refractivity contribution in [1.29, 1.82) is 0 Å². The normalized spacial score (nSPS) is 10.1. The summed E-state index contributed by atoms with van der Waals surface area (Å²) in [7, 11) is 0. The van der Waals surface area contributed by atoms with Crippen LogP contribution in [0.1, 0.15) is 15.9 Å². The van der Waals surface area contributed by atoms with Crippen molar-refractivity contribution >= 4 is 11.6 Å². The number of amides is 1. The highest BCUT2D eigenvalue weighted by Gasteiger charge is 2.10. The third kappa shape index (κ3) is 2.40. The molecule has 1 amide bonds. The second-order valence-corrected chi connectivity index (χ2v) is 3.84. The lowest BCUT2D eigenvalue weighted by atomic mass is 10.2. The summed E-state index contributed by atoms with van der Waals surface area (Å²) in [5, 5.41) is 0. The zero-order chi connectivity index (χ0) is 13.1. The van der Waals surface area contributed by atoms with Gasteiger partial charge in [0, 0.05) is 18.0 Å². The van der Waals surface area contributed by atoms with Gasteiger partial charge in [-0.3, -0.25) is 4.79 Å². The van der Waals surface area contributed by atoms with Crippen LogP contribution in [-0.4, -0.2) is 10.9 Å². The Balaban J connectivity index is 2.34. The molecule has 1 aromatic carbocycles. The van der Waals surface area contributed by atoms with E-state index in [0.717, 1.165) is 5.56 Å². The van der Waals surface area contributed by atoms with Crippen LogP contribution < -0.4 is 16.2 Å². The lowest BCUT2D eigenvalue weighted by molar-refractivity contribution is 0.0998. The quantitative estimate of drug-likeness (QED) is 0.860. The largest absolute Gasteiger partial charge is 0.438 e. The molecule has 92 valence electrons. The molecule has 1 heterocycles. The van der Waals surface area contributed by atoms with Crippen LogP contribution in [0.25, 0.3) is 0 Å². The number of hydrogen-bond acceptors (Lipinski definition) is 4. The Kier molecular flexibility index (Phi) is 3.14. The average molecular weight is 243 g/mol. The predicted molar refractivity (Wildman–Crippen MR) is 68.4 cm³/mol. The molecule has 18 heavy (non-hydrogen) atoms. The molecule has 0 spiro atoms. The van der Waals surface area contributed by atoms with E-state index in [1.165, 1.54) is 0 Å². The number of carbonyl (C=O) groups is 1. The molecule has 2 rings (SSSR count). The van der Waals surface area contributed by atoms with E-state index in [4.69, 9.17) is 16.2 Å². The van der Waals surface area contributed by atoms with E-state index in [-0.39, 0.29) is 0 Å². The molecule has 0 bridgehead atoms. The van der Waals surface area contributed by atoms with Gasteiger partial charge >= 0.3 is 0 Å². The van der Waals surface area contributed by atoms with Crippen LogP contribution in [0, 0.1) is 6.92 Å². The van der Waals surface area contributed by atoms with E-state index in [0.29, 0.717) is 22.9 Å². The molecule has 0 saturated heterocycles. The number of pyridine rings is 1. The summed E-state index contributed by atoms with van der Waals surface area (Å²) in [5.74, 6) is 0.137. The summed E-state index contributed by atoms with van der Waals surface area (Å²) in [5.41, 5.74) is 12.8. The van der Waals surface area contributed by atoms with Gasteiger partial charge in [-0.05, 0) is 24.6 Å². The fourth-order valence-electron chi connectivity index (χ4n) is 1.45. The zero-order valence-corrected chi connectivity index (χ0v) is 9.88. The molecule has 4 N–H and O–H groups in total. The molecule has 5 heteroatoms. The highest BCUT2D eigenvalue weighted by Crippen LogP contribution is 2.25. The summed E-state index contributed by atoms with van der Waals surface area (Å²) >= 11 is 0. The predicted octanol–water partition coefficient (Wildman–Crippen LogP) is 1.86. The first kappa shape index (κ1) is 11.9. The topological polar surface area (TPSA) is 91.2 Å². The van der Waals surface area contributed by atoms with Crippen LogP contribution in [0.15, 0.2) is 36.5 Å². The molecule has 2 aromatic rings. The van der Waals surface area contributed by atoms with Crippen molar-refractivity contribution < 1.29 is 9.53 Å². The number of aromatic nitrogens is 1. The van der Waals surface area contributed by atoms with Crippen molar-refractivity contribution in [3.05, 3.63) is 47.7 Å². The SMILES string of the molecule is Cc1cnc(Oc2ccccc2C(N)=O)cc1N. The Bertz CT molecular complexity index is 597. The number of carbonyl (C=O) groups excluding carboxylic acids is 1. The number of rotatable bonds is 3. The van der Waals surface area contributed by atoms with Gasteiger partial charge in [-0.1, -0.05) is 12.1 Å². The lowest BCUT2D eigenvalue weighted by Gasteiger charge is -2.09. The highest BCUT2D eigenvalue weighted by molar-refractivity contribution is 5.95. The van der Waals surface area contributed by atoms with Crippen LogP contribution in [-0.2, 0) is 0 Å². The molecule has 5 nitrogen and oxygen atoms in total. The monoisotopic (exact) mass is 243 g/mol. The van der Waals surface area contributed by atoms with Crippen LogP contribution in [0.2, 0.25) is 0 Å². The fourth-order valence-corrected chi connectivity index (χ4v) is 1.45. The van der Waals surface area contributed by atoms with E-state index < -0.39 is 5.91 Å². The van der Waals surface area contributed by atoms with E-state index in [2.05, 4.69) is 4.98 Å². The first-order chi connectivity index (χ1) is 8.58. The van der Waals surface area contributed by atoms with Gasteiger partial charge in [-0.15, -0.1) is 0 Å². The van der Waals surface area contributed by atoms with Gasteiger partial charge in [0.2, 0.25) is 5.88 Å². The maximum atomic E-state index is 11.2. The molecule has 1 aromatic heterocycles. The number of benzene rings is 1. The molecular weight excluding hydrogens is 230 g/mol. The number of aryl methyl sites for hydroxylation is 1. The Morgan fingerprint density at radius 3 is 2.72 bits per heavy atom. The van der Waals surface area contributed by atoms with Crippen molar-refractivity contribution in [2.75, 3.05) is 5.73 Å². The van der Waals surface area contributed by atoms with Crippen molar-refractivity contribution in [3.63, 3.8) is 0 Å². The van der Waals surface area contributed by atoms with E-state index >= 15 is 0 Å². The maximum Gasteiger partial charge on any atom is 0.252 e. The third-order valence-electron chi connectivity index (χ3n) is 2.49. The van der Waals surface area contributed by atoms with E-state index in [1.807, 2.05) is 6.92 Å². The summed E-state index contributed by atoms with van der Waals surface area (Å²) in [4.78, 5) is 15.3. The number of hydrogen-bond donors (Lipinski definition) is 2. The van der Waals surface area contributed by atoms with Crippen molar-refractivity contribution in [2.24, 2.45) is 5.73 Å². The standard InChI is InChI=1S/C13H13N3O2/c1-8-7-16-12(6-10(8)14)18-11-5-3-2-4-9(11)13(15)17/h2-7H,1H3,(H2,14,16)(H2,15,17). The summed E-state index contributed by atoms with van der Waals surface area (Å²) in [6.45, 7) is 1.85. The Morgan fingerprint density at radius 2 is 2.06 bits per heavy atom. The molecule has 0 aliphatic carbocycles. The van der Waals surface area contributed by atoms with E-state index in [1.54, 1.807) is 36.5 Å². The van der Waals surface area contributed by atoms with Crippen LogP contribution in [0.5, 0.6) is 11.6 Å². The number of primary amides is 1. The van der Waals surface area contributed by atoms with Crippen molar-refractivity contribution in [2.45, 2.75) is 6.92 Å². The number of nitrogens with zero attached hydrogens (tertiary/aromatic N) is 1. The molecule has 0 aliphatic heterocycles. The molecular formula is C13H13N3O2. The number of nitrogen functional groups attached to an aromatic ring is 1. The van der Waals surface area contributed by atoms with Gasteiger partial charge in [0.1, 0.15) is 5.75 Å². The minimum absolute atomic E-state index is 0.304. The van der Waals surface area contributed by atoms with Gasteiger partial charge in [-0.2, -0.15) is 0 Å². The molecule has 0 saturated carbocycles. The summed E-state index contributed by atoms with van der Waals surface area (Å²) in [6.07, 6.45) is 1.61. The van der Waals surface area contributed by atoms with Gasteiger partial charge < -0.3 is 16.2 Å². The van der Waals surface area contributed by atoms with Crippen molar-refractivity contribution in [3.8, 4) is 11.6 Å². The Hall–Kier alpha value is -2.56. The number of nitrogens with two attached hydrogens (primary N) is 2. The molecule has 0 radical (unpaired) electrons. The highest BCUT2D eigenvalue weighted by atomic mass is 16.5. The number of anilines is 1. The second-order valence-electron chi connectivity index (χ2n) is 3.84. The summed E-state index contributed by atoms with van der Waals surface area (Å²) < 4.78 is 5.51. The number of para-hydroxylation sites is 1. The first-order valence-corrected chi connectivity index (χ1v) is 5.36. The van der Waals surface area contributed by atoms with Gasteiger partial charge in [0.25, 0.3) is 5.91 Å². The minimum atomic E-state index is -0.550. The first-order valence-electron chi connectivity index (χ1n) is 5.36. The zero-order valence-electron chi connectivity index (χ0n) is 9.88. The smallest absolute Gasteiger partial charge is 0.252 e. The third-order valence-corrected chi connectivity index (χ3v) is 2.49. The number of ether oxygens (including phenoxy) is 1. The molecule has 0 unspecified atom stereocenters. The van der Waals surface area contributed by atoms with Gasteiger partial charge in [-0.25, -0.2) is 4.98 Å². The molecule has 0 fully saturated rings. The Morgan fingerprint density at radius 1 is 1.33 bits per heavy atom. The van der Waals surface area contributed by atoms with Gasteiger partial charge in [0.05, 0.1) is 5.56 Å². The fraction of sp³-hybridized carbons (Fsp3) is 0.0769. The maximum absolute atomic E-state index is 11.2.